The van der Waals surface area contributed by atoms with Crippen LogP contribution in [-0.4, -0.2) is 32.1 Å². The first-order valence-corrected chi connectivity index (χ1v) is 6.87. The van der Waals surface area contributed by atoms with E-state index in [1.807, 2.05) is 0 Å². The van der Waals surface area contributed by atoms with E-state index < -0.39 is 0 Å². The lowest BCUT2D eigenvalue weighted by atomic mass is 9.99. The first-order valence-electron chi connectivity index (χ1n) is 6.87. The average molecular weight is 315 g/mol. The van der Waals surface area contributed by atoms with Gasteiger partial charge in [-0.15, -0.1) is 6.42 Å². The van der Waals surface area contributed by atoms with Crippen molar-refractivity contribution in [2.24, 2.45) is 0 Å². The number of terminal acetylenes is 1. The minimum atomic E-state index is -0.202. The number of benzene rings is 1. The van der Waals surface area contributed by atoms with Crippen LogP contribution in [0.4, 0.5) is 0 Å². The molecule has 0 aliphatic carbocycles. The SMILES string of the molecule is C#Cc1c(CCC(=O)c2ncco2)cc(OC)c(OC)c1OC. The molecule has 0 spiro atoms. The smallest absolute Gasteiger partial charge is 0.263 e. The minimum Gasteiger partial charge on any atom is -0.493 e. The number of nitrogens with zero attached hydrogens (tertiary/aromatic N) is 1. The van der Waals surface area contributed by atoms with Gasteiger partial charge in [-0.3, -0.25) is 4.79 Å². The second-order valence-corrected chi connectivity index (χ2v) is 4.58. The van der Waals surface area contributed by atoms with Gasteiger partial charge in [-0.05, 0) is 18.1 Å². The maximum absolute atomic E-state index is 12.0. The Labute approximate surface area is 134 Å². The lowest BCUT2D eigenvalue weighted by molar-refractivity contribution is 0.0949. The van der Waals surface area contributed by atoms with Gasteiger partial charge in [0.2, 0.25) is 11.5 Å². The average Bonchev–Trinajstić information content (AvgIpc) is 3.12. The first-order chi connectivity index (χ1) is 11.2. The number of carbonyl (C=O) groups is 1. The normalized spacial score (nSPS) is 10.0. The van der Waals surface area contributed by atoms with E-state index in [0.29, 0.717) is 29.2 Å². The van der Waals surface area contributed by atoms with Gasteiger partial charge in [0.15, 0.2) is 11.5 Å². The van der Waals surface area contributed by atoms with Crippen molar-refractivity contribution in [2.75, 3.05) is 21.3 Å². The Hall–Kier alpha value is -2.94. The molecular formula is C17H17NO5. The summed E-state index contributed by atoms with van der Waals surface area (Å²) in [5, 5.41) is 0. The van der Waals surface area contributed by atoms with Crippen molar-refractivity contribution >= 4 is 5.78 Å². The highest BCUT2D eigenvalue weighted by Gasteiger charge is 2.20. The molecule has 0 saturated carbocycles. The molecule has 1 aromatic carbocycles. The zero-order valence-corrected chi connectivity index (χ0v) is 13.2. The van der Waals surface area contributed by atoms with Crippen LogP contribution in [0.2, 0.25) is 0 Å². The molecule has 0 fully saturated rings. The summed E-state index contributed by atoms with van der Waals surface area (Å²) in [6.45, 7) is 0. The van der Waals surface area contributed by atoms with Crippen LogP contribution in [0.1, 0.15) is 28.2 Å². The molecule has 2 aromatic rings. The summed E-state index contributed by atoms with van der Waals surface area (Å²) in [4.78, 5) is 15.9. The molecule has 0 N–H and O–H groups in total. The number of oxazole rings is 1. The first kappa shape index (κ1) is 16.4. The number of rotatable bonds is 7. The van der Waals surface area contributed by atoms with Crippen molar-refractivity contribution in [3.05, 3.63) is 35.5 Å². The van der Waals surface area contributed by atoms with E-state index in [0.717, 1.165) is 5.56 Å². The number of hydrogen-bond acceptors (Lipinski definition) is 6. The summed E-state index contributed by atoms with van der Waals surface area (Å²) in [6.07, 6.45) is 8.99. The molecule has 6 nitrogen and oxygen atoms in total. The molecule has 23 heavy (non-hydrogen) atoms. The Morgan fingerprint density at radius 3 is 2.52 bits per heavy atom. The second-order valence-electron chi connectivity index (χ2n) is 4.58. The number of carbonyl (C=O) groups excluding carboxylic acids is 1. The Balaban J connectivity index is 2.34. The molecule has 120 valence electrons. The standard InChI is InChI=1S/C17H17NO5/c1-5-12-11(6-7-13(19)17-18-8-9-23-17)10-14(20-2)16(22-4)15(12)21-3/h1,8-10H,6-7H2,2-4H3. The molecule has 1 aromatic heterocycles. The van der Waals surface area contributed by atoms with Crippen molar-refractivity contribution < 1.29 is 23.4 Å². The van der Waals surface area contributed by atoms with Gasteiger partial charge in [-0.1, -0.05) is 5.92 Å². The van der Waals surface area contributed by atoms with Crippen molar-refractivity contribution in [2.45, 2.75) is 12.8 Å². The molecular weight excluding hydrogens is 298 g/mol. The summed E-state index contributed by atoms with van der Waals surface area (Å²) in [5.41, 5.74) is 1.28. The van der Waals surface area contributed by atoms with E-state index in [4.69, 9.17) is 25.1 Å². The van der Waals surface area contributed by atoms with E-state index in [2.05, 4.69) is 10.9 Å². The van der Waals surface area contributed by atoms with Gasteiger partial charge < -0.3 is 18.6 Å². The molecule has 0 aliphatic rings. The summed E-state index contributed by atoms with van der Waals surface area (Å²) in [6, 6.07) is 1.75. The minimum absolute atomic E-state index is 0.0831. The molecule has 1 heterocycles. The molecule has 0 saturated heterocycles. The fraction of sp³-hybridized carbons (Fsp3) is 0.294. The molecule has 0 bridgehead atoms. The van der Waals surface area contributed by atoms with E-state index in [1.165, 1.54) is 33.8 Å². The number of hydrogen-bond donors (Lipinski definition) is 0. The van der Waals surface area contributed by atoms with Gasteiger partial charge in [-0.25, -0.2) is 4.98 Å². The molecule has 0 amide bonds. The van der Waals surface area contributed by atoms with E-state index >= 15 is 0 Å². The lowest BCUT2D eigenvalue weighted by Gasteiger charge is -2.16. The predicted octanol–water partition coefficient (Wildman–Crippen LogP) is 2.50. The summed E-state index contributed by atoms with van der Waals surface area (Å²) >= 11 is 0. The highest BCUT2D eigenvalue weighted by molar-refractivity contribution is 5.91. The fourth-order valence-electron chi connectivity index (χ4n) is 2.28. The van der Waals surface area contributed by atoms with Crippen LogP contribution in [-0.2, 0) is 6.42 Å². The highest BCUT2D eigenvalue weighted by atomic mass is 16.5. The van der Waals surface area contributed by atoms with Gasteiger partial charge in [0.05, 0.1) is 33.1 Å². The third kappa shape index (κ3) is 3.29. The number of Topliss-reactive ketones (excluding diaryl/α,β-unsaturated/α-hetero) is 1. The molecule has 0 unspecified atom stereocenters. The van der Waals surface area contributed by atoms with Crippen LogP contribution in [0.15, 0.2) is 22.9 Å². The van der Waals surface area contributed by atoms with Crippen LogP contribution in [0, 0.1) is 12.3 Å². The quantitative estimate of drug-likeness (QED) is 0.577. The van der Waals surface area contributed by atoms with Gasteiger partial charge >= 0.3 is 0 Å². The summed E-state index contributed by atoms with van der Waals surface area (Å²) < 4.78 is 21.0. The molecule has 0 aliphatic heterocycles. The third-order valence-corrected chi connectivity index (χ3v) is 3.35. The van der Waals surface area contributed by atoms with Crippen molar-refractivity contribution in [1.82, 2.24) is 4.98 Å². The predicted molar refractivity (Wildman–Crippen MR) is 83.2 cm³/mol. The van der Waals surface area contributed by atoms with Crippen LogP contribution in [0.5, 0.6) is 17.2 Å². The number of methoxy groups -OCH3 is 3. The Morgan fingerprint density at radius 2 is 2.00 bits per heavy atom. The summed E-state index contributed by atoms with van der Waals surface area (Å²) in [7, 11) is 4.53. The van der Waals surface area contributed by atoms with Crippen molar-refractivity contribution in [3.8, 4) is 29.6 Å². The Bertz CT molecular complexity index is 728. The Kier molecular flexibility index (Phi) is 5.26. The molecule has 0 atom stereocenters. The topological polar surface area (TPSA) is 70.8 Å². The van der Waals surface area contributed by atoms with Gasteiger partial charge in [0.25, 0.3) is 5.89 Å². The number of ketones is 1. The maximum Gasteiger partial charge on any atom is 0.263 e. The number of aryl methyl sites for hydroxylation is 1. The van der Waals surface area contributed by atoms with E-state index in [-0.39, 0.29) is 18.1 Å². The molecule has 2 rings (SSSR count). The van der Waals surface area contributed by atoms with Crippen LogP contribution < -0.4 is 14.2 Å². The van der Waals surface area contributed by atoms with Crippen LogP contribution in [0.3, 0.4) is 0 Å². The van der Waals surface area contributed by atoms with Crippen LogP contribution >= 0.6 is 0 Å². The molecule has 6 heteroatoms. The number of ether oxygens (including phenoxy) is 3. The van der Waals surface area contributed by atoms with Crippen molar-refractivity contribution in [3.63, 3.8) is 0 Å². The fourth-order valence-corrected chi connectivity index (χ4v) is 2.28. The maximum atomic E-state index is 12.0. The van der Waals surface area contributed by atoms with E-state index in [9.17, 15) is 4.79 Å². The molecule has 0 radical (unpaired) electrons. The second kappa shape index (κ2) is 7.36. The highest BCUT2D eigenvalue weighted by Crippen LogP contribution is 2.42. The van der Waals surface area contributed by atoms with Gasteiger partial charge in [0.1, 0.15) is 6.26 Å². The zero-order valence-electron chi connectivity index (χ0n) is 13.2. The monoisotopic (exact) mass is 315 g/mol. The van der Waals surface area contributed by atoms with Gasteiger partial charge in [-0.2, -0.15) is 0 Å². The number of aromatic nitrogens is 1. The largest absolute Gasteiger partial charge is 0.493 e. The zero-order chi connectivity index (χ0) is 16.8. The van der Waals surface area contributed by atoms with Crippen molar-refractivity contribution in [1.29, 1.82) is 0 Å². The lowest BCUT2D eigenvalue weighted by Crippen LogP contribution is -2.05. The van der Waals surface area contributed by atoms with Gasteiger partial charge in [0, 0.05) is 6.42 Å². The third-order valence-electron chi connectivity index (χ3n) is 3.35. The summed E-state index contributed by atoms with van der Waals surface area (Å²) in [5.74, 6) is 3.79. The van der Waals surface area contributed by atoms with E-state index in [1.54, 1.807) is 6.07 Å². The van der Waals surface area contributed by atoms with Crippen LogP contribution in [0.25, 0.3) is 0 Å². The Morgan fingerprint density at radius 1 is 1.26 bits per heavy atom.